The summed E-state index contributed by atoms with van der Waals surface area (Å²) in [5.41, 5.74) is 2.71. The van der Waals surface area contributed by atoms with Gasteiger partial charge in [0.05, 0.1) is 18.4 Å². The Kier molecular flexibility index (Phi) is 10.3. The first-order chi connectivity index (χ1) is 19.0. The van der Waals surface area contributed by atoms with Gasteiger partial charge in [0.2, 0.25) is 5.95 Å². The van der Waals surface area contributed by atoms with Gasteiger partial charge in [0.25, 0.3) is 0 Å². The maximum atomic E-state index is 15.4. The largest absolute Gasteiger partial charge is 0.412 e. The monoisotopic (exact) mass is 572 g/mol. The number of halogens is 1. The van der Waals surface area contributed by atoms with Gasteiger partial charge >= 0.3 is 0 Å². The Morgan fingerprint density at radius 1 is 1.15 bits per heavy atom. The molecule has 2 atom stereocenters. The van der Waals surface area contributed by atoms with Crippen molar-refractivity contribution in [1.82, 2.24) is 9.97 Å². The Morgan fingerprint density at radius 2 is 1.88 bits per heavy atom. The number of oxime groups is 1. The van der Waals surface area contributed by atoms with Crippen LogP contribution in [0.2, 0.25) is 18.1 Å². The molecule has 220 valence electrons. The lowest BCUT2D eigenvalue weighted by Crippen LogP contribution is -2.40. The average Bonchev–Trinajstić information content (AvgIpc) is 2.93. The Balaban J connectivity index is 1.27. The SMILES string of the molecule is CC(CON=C1CCN(c2ncc(-c3cccc(CO[Si](C)(C)C(C)(C)C)c3F)cn2)CC1)OC1CCCCO1. The molecule has 8 nitrogen and oxygen atoms in total. The summed E-state index contributed by atoms with van der Waals surface area (Å²) in [6, 6.07) is 5.42. The van der Waals surface area contributed by atoms with Gasteiger partial charge < -0.3 is 23.6 Å². The van der Waals surface area contributed by atoms with Crippen molar-refractivity contribution in [2.45, 2.75) is 96.9 Å². The molecule has 10 heteroatoms. The number of hydrogen-bond donors (Lipinski definition) is 0. The average molecular weight is 573 g/mol. The predicted molar refractivity (Wildman–Crippen MR) is 158 cm³/mol. The van der Waals surface area contributed by atoms with Gasteiger partial charge in [0.15, 0.2) is 14.6 Å². The lowest BCUT2D eigenvalue weighted by atomic mass is 10.1. The zero-order valence-electron chi connectivity index (χ0n) is 24.9. The highest BCUT2D eigenvalue weighted by Crippen LogP contribution is 2.37. The van der Waals surface area contributed by atoms with E-state index in [0.29, 0.717) is 29.2 Å². The third-order valence-corrected chi connectivity index (χ3v) is 12.5. The Hall–Kier alpha value is -2.40. The van der Waals surface area contributed by atoms with E-state index in [0.717, 1.165) is 57.5 Å². The number of piperidine rings is 1. The highest BCUT2D eigenvalue weighted by molar-refractivity contribution is 6.74. The van der Waals surface area contributed by atoms with E-state index in [1.165, 1.54) is 0 Å². The molecule has 2 aliphatic heterocycles. The second-order valence-electron chi connectivity index (χ2n) is 12.3. The van der Waals surface area contributed by atoms with Crippen LogP contribution in [0, 0.1) is 5.82 Å². The topological polar surface area (TPSA) is 78.3 Å². The molecule has 1 aromatic heterocycles. The summed E-state index contributed by atoms with van der Waals surface area (Å²) < 4.78 is 33.2. The molecule has 2 aliphatic rings. The van der Waals surface area contributed by atoms with Crippen molar-refractivity contribution in [2.75, 3.05) is 31.2 Å². The Labute approximate surface area is 239 Å². The summed E-state index contributed by atoms with van der Waals surface area (Å²) in [7, 11) is -1.98. The van der Waals surface area contributed by atoms with Gasteiger partial charge in [0.1, 0.15) is 12.4 Å². The summed E-state index contributed by atoms with van der Waals surface area (Å²) in [5.74, 6) is 0.360. The molecule has 4 rings (SSSR count). The molecule has 0 amide bonds. The normalized spacial score (nSPS) is 19.4. The van der Waals surface area contributed by atoms with Gasteiger partial charge in [-0.2, -0.15) is 0 Å². The molecular formula is C30H45FN4O4Si. The molecular weight excluding hydrogens is 527 g/mol. The molecule has 2 unspecified atom stereocenters. The van der Waals surface area contributed by atoms with Crippen molar-refractivity contribution in [3.8, 4) is 11.1 Å². The number of benzene rings is 1. The molecule has 2 saturated heterocycles. The summed E-state index contributed by atoms with van der Waals surface area (Å²) in [5, 5.41) is 4.40. The number of hydrogen-bond acceptors (Lipinski definition) is 8. The van der Waals surface area contributed by atoms with Crippen LogP contribution < -0.4 is 4.90 Å². The fourth-order valence-electron chi connectivity index (χ4n) is 4.42. The predicted octanol–water partition coefficient (Wildman–Crippen LogP) is 6.71. The Morgan fingerprint density at radius 3 is 2.52 bits per heavy atom. The summed E-state index contributed by atoms with van der Waals surface area (Å²) in [6.07, 6.45) is 7.92. The van der Waals surface area contributed by atoms with E-state index in [1.54, 1.807) is 24.5 Å². The van der Waals surface area contributed by atoms with Gasteiger partial charge in [0, 0.05) is 61.6 Å². The van der Waals surface area contributed by atoms with E-state index >= 15 is 4.39 Å². The molecule has 0 spiro atoms. The van der Waals surface area contributed by atoms with Crippen LogP contribution in [0.3, 0.4) is 0 Å². The number of aromatic nitrogens is 2. The quantitative estimate of drug-likeness (QED) is 0.231. The van der Waals surface area contributed by atoms with E-state index in [2.05, 4.69) is 53.9 Å². The standard InChI is InChI=1S/C30H45FN4O4Si/c1-22(39-27-12-7-8-17-36-27)20-37-34-25-13-15-35(16-14-25)29-32-18-24(19-33-29)26-11-9-10-23(28(26)31)21-38-40(5,6)30(2,3)4/h9-11,18-19,22,27H,7-8,12-17,20-21H2,1-6H3. The molecule has 1 aromatic carbocycles. The molecule has 3 heterocycles. The maximum absolute atomic E-state index is 15.4. The highest BCUT2D eigenvalue weighted by Gasteiger charge is 2.37. The van der Waals surface area contributed by atoms with Gasteiger partial charge in [-0.05, 0) is 44.3 Å². The molecule has 0 saturated carbocycles. The van der Waals surface area contributed by atoms with E-state index < -0.39 is 8.32 Å². The molecule has 0 aliphatic carbocycles. The first kappa shape index (κ1) is 30.6. The van der Waals surface area contributed by atoms with Gasteiger partial charge in [-0.15, -0.1) is 0 Å². The van der Waals surface area contributed by atoms with E-state index in [1.807, 2.05) is 13.0 Å². The number of nitrogens with zero attached hydrogens (tertiary/aromatic N) is 4. The van der Waals surface area contributed by atoms with Crippen LogP contribution in [0.25, 0.3) is 11.1 Å². The van der Waals surface area contributed by atoms with Crippen molar-refractivity contribution in [3.05, 3.63) is 42.0 Å². The van der Waals surface area contributed by atoms with Crippen molar-refractivity contribution in [2.24, 2.45) is 5.16 Å². The third kappa shape index (κ3) is 8.08. The van der Waals surface area contributed by atoms with Crippen LogP contribution in [-0.2, 0) is 25.3 Å². The van der Waals surface area contributed by atoms with Crippen LogP contribution in [0.5, 0.6) is 0 Å². The zero-order valence-corrected chi connectivity index (χ0v) is 25.9. The first-order valence-corrected chi connectivity index (χ1v) is 17.4. The number of anilines is 1. The van der Waals surface area contributed by atoms with Crippen LogP contribution in [0.4, 0.5) is 10.3 Å². The minimum absolute atomic E-state index is 0.0658. The lowest BCUT2D eigenvalue weighted by molar-refractivity contribution is -0.193. The minimum Gasteiger partial charge on any atom is -0.412 e. The first-order valence-electron chi connectivity index (χ1n) is 14.5. The highest BCUT2D eigenvalue weighted by atomic mass is 28.4. The van der Waals surface area contributed by atoms with Crippen molar-refractivity contribution in [1.29, 1.82) is 0 Å². The molecule has 0 radical (unpaired) electrons. The lowest BCUT2D eigenvalue weighted by Gasteiger charge is -2.36. The van der Waals surface area contributed by atoms with Gasteiger partial charge in [-0.1, -0.05) is 44.1 Å². The van der Waals surface area contributed by atoms with Crippen molar-refractivity contribution < 1.29 is 23.1 Å². The fraction of sp³-hybridized carbons (Fsp3) is 0.633. The second-order valence-corrected chi connectivity index (χ2v) is 17.1. The van der Waals surface area contributed by atoms with E-state index in [9.17, 15) is 0 Å². The summed E-state index contributed by atoms with van der Waals surface area (Å²) in [4.78, 5) is 16.8. The minimum atomic E-state index is -1.98. The van der Waals surface area contributed by atoms with Crippen molar-refractivity contribution in [3.63, 3.8) is 0 Å². The van der Waals surface area contributed by atoms with Crippen LogP contribution in [0.1, 0.15) is 65.4 Å². The molecule has 0 N–H and O–H groups in total. The van der Waals surface area contributed by atoms with Crippen LogP contribution >= 0.6 is 0 Å². The molecule has 2 aromatic rings. The van der Waals surface area contributed by atoms with Crippen LogP contribution in [0.15, 0.2) is 35.7 Å². The molecule has 2 fully saturated rings. The zero-order chi connectivity index (χ0) is 28.8. The summed E-state index contributed by atoms with van der Waals surface area (Å²) >= 11 is 0. The summed E-state index contributed by atoms with van der Waals surface area (Å²) in [6.45, 7) is 15.8. The smallest absolute Gasteiger partial charge is 0.225 e. The third-order valence-electron chi connectivity index (χ3n) is 8.07. The number of rotatable bonds is 10. The number of ether oxygens (including phenoxy) is 2. The second kappa shape index (κ2) is 13.5. The maximum Gasteiger partial charge on any atom is 0.225 e. The van der Waals surface area contributed by atoms with Crippen molar-refractivity contribution >= 4 is 20.0 Å². The van der Waals surface area contributed by atoms with E-state index in [-0.39, 0.29) is 29.9 Å². The molecule has 40 heavy (non-hydrogen) atoms. The van der Waals surface area contributed by atoms with Gasteiger partial charge in [-0.25, -0.2) is 14.4 Å². The fourth-order valence-corrected chi connectivity index (χ4v) is 5.37. The van der Waals surface area contributed by atoms with Crippen LogP contribution in [-0.4, -0.2) is 62.7 Å². The van der Waals surface area contributed by atoms with E-state index in [4.69, 9.17) is 18.7 Å². The van der Waals surface area contributed by atoms with Gasteiger partial charge in [-0.3, -0.25) is 0 Å². The molecule has 0 bridgehead atoms. The Bertz CT molecular complexity index is 1120.